The van der Waals surface area contributed by atoms with Gasteiger partial charge < -0.3 is 50.5 Å². The highest BCUT2D eigenvalue weighted by atomic mass is 16.4. The van der Waals surface area contributed by atoms with Crippen LogP contribution in [-0.2, 0) is 64.0 Å². The molecule has 0 spiro atoms. The highest BCUT2D eigenvalue weighted by Gasteiger charge is 2.27. The molecule has 3 aromatic heterocycles. The zero-order valence-corrected chi connectivity index (χ0v) is 31.2. The molecular weight excluding hydrogens is 776 g/mol. The third kappa shape index (κ3) is 10.3. The minimum Gasteiger partial charge on any atom is -0.481 e. The van der Waals surface area contributed by atoms with Gasteiger partial charge in [0.05, 0.1) is 48.5 Å². The number of aryl methyl sites for hydroxylation is 2. The topological polar surface area (TPSA) is 336 Å². The van der Waals surface area contributed by atoms with Gasteiger partial charge in [0.25, 0.3) is 0 Å². The van der Waals surface area contributed by atoms with Gasteiger partial charge in [-0.15, -0.1) is 0 Å². The first-order chi connectivity index (χ1) is 27.9. The number of aromatic nitrogens is 4. The average Bonchev–Trinajstić information content (AvgIpc) is 3.81. The van der Waals surface area contributed by atoms with E-state index in [4.69, 9.17) is 4.98 Å². The fourth-order valence-corrected chi connectivity index (χ4v) is 7.34. The van der Waals surface area contributed by atoms with Crippen LogP contribution in [0.3, 0.4) is 0 Å². The second-order valence-corrected chi connectivity index (χ2v) is 13.7. The van der Waals surface area contributed by atoms with E-state index >= 15 is 0 Å². The summed E-state index contributed by atoms with van der Waals surface area (Å²) in [5, 5.41) is 68.9. The maximum absolute atomic E-state index is 12.3. The molecule has 0 saturated carbocycles. The van der Waals surface area contributed by atoms with Crippen LogP contribution in [0, 0.1) is 0 Å². The van der Waals surface area contributed by atoms with Gasteiger partial charge >= 0.3 is 41.8 Å². The quantitative estimate of drug-likeness (QED) is 0.0721. The number of allylic oxidation sites excluding steroid dienone is 2. The van der Waals surface area contributed by atoms with Crippen molar-refractivity contribution in [3.63, 3.8) is 0 Å². The Morgan fingerprint density at radius 1 is 0.424 bits per heavy atom. The average molecular weight is 815 g/mol. The molecule has 2 aliphatic heterocycles. The summed E-state index contributed by atoms with van der Waals surface area (Å²) in [7, 11) is 0. The van der Waals surface area contributed by atoms with E-state index < -0.39 is 86.7 Å². The van der Waals surface area contributed by atoms with Gasteiger partial charge in [-0.05, 0) is 94.5 Å². The van der Waals surface area contributed by atoms with Gasteiger partial charge in [-0.2, -0.15) is 0 Å². The Kier molecular flexibility index (Phi) is 13.2. The lowest BCUT2D eigenvalue weighted by atomic mass is 9.96. The number of carbonyl (C=O) groups excluding carboxylic acids is 1. The Bertz CT molecular complexity index is 2540. The molecule has 2 aliphatic rings. The fraction of sp³-hybridized carbons (Fsp3) is 0.300. The number of carboxylic acids is 7. The molecule has 9 N–H and O–H groups in total. The maximum Gasteiger partial charge on any atom is 0.307 e. The van der Waals surface area contributed by atoms with E-state index in [1.807, 2.05) is 0 Å². The van der Waals surface area contributed by atoms with Gasteiger partial charge in [0.15, 0.2) is 0 Å². The van der Waals surface area contributed by atoms with Crippen LogP contribution in [0.5, 0.6) is 0 Å². The summed E-state index contributed by atoms with van der Waals surface area (Å²) in [6, 6.07) is 5.58. The van der Waals surface area contributed by atoms with Gasteiger partial charge in [0.1, 0.15) is 6.29 Å². The van der Waals surface area contributed by atoms with Crippen molar-refractivity contribution in [2.45, 2.75) is 77.0 Å². The van der Waals surface area contributed by atoms with E-state index in [1.165, 1.54) is 24.3 Å². The smallest absolute Gasteiger partial charge is 0.307 e. The number of nitrogens with zero attached hydrogens (tertiary/aromatic N) is 2. The van der Waals surface area contributed by atoms with E-state index in [-0.39, 0.29) is 116 Å². The molecule has 0 aliphatic carbocycles. The van der Waals surface area contributed by atoms with Crippen LogP contribution >= 0.6 is 0 Å². The summed E-state index contributed by atoms with van der Waals surface area (Å²) >= 11 is 0. The molecule has 308 valence electrons. The van der Waals surface area contributed by atoms with Crippen LogP contribution in [-0.4, -0.2) is 104 Å². The summed E-state index contributed by atoms with van der Waals surface area (Å²) in [5.41, 5.74) is 1.98. The minimum absolute atomic E-state index is 0.0162. The number of aldehydes is 1. The Morgan fingerprint density at radius 2 is 0.746 bits per heavy atom. The fourth-order valence-electron chi connectivity index (χ4n) is 7.34. The first kappa shape index (κ1) is 42.7. The third-order valence-corrected chi connectivity index (χ3v) is 9.73. The third-order valence-electron chi connectivity index (χ3n) is 9.73. The van der Waals surface area contributed by atoms with Crippen molar-refractivity contribution in [3.8, 4) is 0 Å². The van der Waals surface area contributed by atoms with Crippen molar-refractivity contribution < 1.29 is 74.1 Å². The Morgan fingerprint density at radius 3 is 1.08 bits per heavy atom. The normalized spacial score (nSPS) is 12.4. The molecule has 19 nitrogen and oxygen atoms in total. The van der Waals surface area contributed by atoms with Crippen molar-refractivity contribution in [2.24, 2.45) is 0 Å². The zero-order valence-electron chi connectivity index (χ0n) is 31.2. The minimum atomic E-state index is -1.33. The second-order valence-electron chi connectivity index (χ2n) is 13.7. The van der Waals surface area contributed by atoms with Gasteiger partial charge in [-0.3, -0.25) is 33.6 Å². The van der Waals surface area contributed by atoms with E-state index in [9.17, 15) is 74.1 Å². The molecule has 0 radical (unpaired) electrons. The molecule has 5 heterocycles. The summed E-state index contributed by atoms with van der Waals surface area (Å²) in [4.78, 5) is 112. The molecule has 0 fully saturated rings. The number of hydrogen-bond donors (Lipinski definition) is 9. The summed E-state index contributed by atoms with van der Waals surface area (Å²) < 4.78 is 0. The lowest BCUT2D eigenvalue weighted by molar-refractivity contribution is -0.138. The summed E-state index contributed by atoms with van der Waals surface area (Å²) in [6.07, 6.45) is -4.13. The van der Waals surface area contributed by atoms with E-state index in [2.05, 4.69) is 15.0 Å². The molecular formula is C40H38N4O15. The van der Waals surface area contributed by atoms with E-state index in [0.717, 1.165) is 0 Å². The number of aliphatic carboxylic acids is 7. The number of fused-ring (bicyclic) bond motifs is 8. The van der Waals surface area contributed by atoms with E-state index in [1.54, 1.807) is 0 Å². The van der Waals surface area contributed by atoms with Crippen LogP contribution < -0.4 is 0 Å². The molecule has 0 saturated heterocycles. The zero-order chi connectivity index (χ0) is 43.1. The Labute approximate surface area is 332 Å². The highest BCUT2D eigenvalue weighted by Crippen LogP contribution is 2.40. The number of carboxylic acid groups (broad SMARTS) is 7. The van der Waals surface area contributed by atoms with Crippen molar-refractivity contribution in [1.82, 2.24) is 19.9 Å². The first-order valence-corrected chi connectivity index (χ1v) is 18.1. The first-order valence-electron chi connectivity index (χ1n) is 18.1. The van der Waals surface area contributed by atoms with E-state index in [0.29, 0.717) is 11.9 Å². The predicted octanol–water partition coefficient (Wildman–Crippen LogP) is 4.22. The lowest BCUT2D eigenvalue weighted by Crippen LogP contribution is -2.04. The molecule has 59 heavy (non-hydrogen) atoms. The molecule has 5 rings (SSSR count). The van der Waals surface area contributed by atoms with Crippen LogP contribution in [0.25, 0.3) is 44.4 Å². The summed E-state index contributed by atoms with van der Waals surface area (Å²) in [5.74, 6) is -8.88. The van der Waals surface area contributed by atoms with Crippen molar-refractivity contribution in [3.05, 3.63) is 69.3 Å². The predicted molar refractivity (Wildman–Crippen MR) is 206 cm³/mol. The number of hydrogen-bond acceptors (Lipinski definition) is 10. The molecule has 3 aromatic rings. The van der Waals surface area contributed by atoms with Crippen molar-refractivity contribution in [1.29, 1.82) is 0 Å². The van der Waals surface area contributed by atoms with Gasteiger partial charge in [-0.25, -0.2) is 9.97 Å². The second kappa shape index (κ2) is 18.2. The van der Waals surface area contributed by atoms with Gasteiger partial charge in [-0.1, -0.05) is 0 Å². The Balaban J connectivity index is 2.09. The molecule has 8 bridgehead atoms. The number of H-pyrrole nitrogens is 2. The standard InChI is InChI=1S/C40H38N4O15/c45-9-1-2-18-22(10-37(52)53)30-16-29-21(5-8-36(50)51)25(13-40(58)59)33(44-29)17-32-24(12-39(56)57)20(4-7-35(48)49)28(43-32)14-27-19(3-6-34(46)47)23(11-38(54)55)31(42-27)15-26(18)41-30/h9,14-17,42,44H,1-8,10-13H2,(H,46,47)(H,48,49)(H,50,51)(H,52,53)(H,54,55)(H,56,57)(H,58,59). The van der Waals surface area contributed by atoms with Gasteiger partial charge in [0.2, 0.25) is 0 Å². The SMILES string of the molecule is O=CCCC1=C(CC(=O)O)c2cc3[nH]c(cc4nc(cc5[nH]c(cc1n2)c(CC(=O)O)c5CCC(=O)O)C(CCC(=O)O)=C4CC(=O)O)c(CC(=O)O)c3CCC(=O)O. The molecule has 0 aromatic carbocycles. The maximum atomic E-state index is 12.3. The number of rotatable bonds is 20. The van der Waals surface area contributed by atoms with Crippen LogP contribution in [0.15, 0.2) is 24.3 Å². The monoisotopic (exact) mass is 814 g/mol. The van der Waals surface area contributed by atoms with Crippen molar-refractivity contribution in [2.75, 3.05) is 0 Å². The number of aromatic amines is 2. The Hall–Kier alpha value is -7.44. The molecule has 0 atom stereocenters. The van der Waals surface area contributed by atoms with Gasteiger partial charge in [0, 0.05) is 47.8 Å². The van der Waals surface area contributed by atoms with Crippen molar-refractivity contribution >= 4 is 92.4 Å². The van der Waals surface area contributed by atoms with Crippen LogP contribution in [0.2, 0.25) is 0 Å². The number of nitrogens with one attached hydrogen (secondary N) is 2. The lowest BCUT2D eigenvalue weighted by Gasteiger charge is -2.06. The van der Waals surface area contributed by atoms with Crippen LogP contribution in [0.1, 0.15) is 96.4 Å². The largest absolute Gasteiger partial charge is 0.481 e. The summed E-state index contributed by atoms with van der Waals surface area (Å²) in [6.45, 7) is 0. The molecule has 0 amide bonds. The number of carbonyl (C=O) groups is 8. The molecule has 0 unspecified atom stereocenters. The highest BCUT2D eigenvalue weighted by molar-refractivity contribution is 6.02. The van der Waals surface area contributed by atoms with Crippen LogP contribution in [0.4, 0.5) is 0 Å². The molecule has 19 heteroatoms.